The van der Waals surface area contributed by atoms with Gasteiger partial charge < -0.3 is 0 Å². The van der Waals surface area contributed by atoms with Gasteiger partial charge in [-0.1, -0.05) is 71.0 Å². The van der Waals surface area contributed by atoms with Gasteiger partial charge in [0.2, 0.25) is 0 Å². The average molecular weight is 343 g/mol. The maximum atomic E-state index is 13.1. The Morgan fingerprint density at radius 2 is 1.83 bits per heavy atom. The largest absolute Gasteiger partial charge is 0.249 e. The summed E-state index contributed by atoms with van der Waals surface area (Å²) in [7, 11) is -1.14. The topological polar surface area (TPSA) is 17.1 Å². The molecule has 0 heterocycles. The fraction of sp³-hybridized carbons (Fsp3) is 0.455. The van der Waals surface area contributed by atoms with Crippen LogP contribution >= 0.6 is 0 Å². The highest BCUT2D eigenvalue weighted by Crippen LogP contribution is 2.43. The maximum absolute atomic E-state index is 13.1. The van der Waals surface area contributed by atoms with Crippen molar-refractivity contribution in [1.29, 1.82) is 0 Å². The zero-order chi connectivity index (χ0) is 18.0. The number of rotatable bonds is 3. The minimum absolute atomic E-state index is 0.142. The minimum atomic E-state index is -1.14. The molecule has 1 aromatic rings. The van der Waals surface area contributed by atoms with E-state index in [0.29, 0.717) is 0 Å². The molecule has 2 rings (SSSR count). The van der Waals surface area contributed by atoms with E-state index in [1.165, 1.54) is 24.0 Å². The third-order valence-electron chi connectivity index (χ3n) is 4.69. The summed E-state index contributed by atoms with van der Waals surface area (Å²) in [6, 6.07) is 9.71. The molecule has 0 N–H and O–H groups in total. The molecule has 1 aliphatic carbocycles. The van der Waals surface area contributed by atoms with Crippen molar-refractivity contribution in [2.45, 2.75) is 58.8 Å². The third kappa shape index (κ3) is 4.36. The Balaban J connectivity index is 2.45. The number of hydrogen-bond acceptors (Lipinski definition) is 1. The Bertz CT molecular complexity index is 684. The van der Waals surface area contributed by atoms with Crippen molar-refractivity contribution in [2.75, 3.05) is 0 Å². The lowest BCUT2D eigenvalue weighted by Crippen LogP contribution is -2.21. The first kappa shape index (κ1) is 18.9. The van der Waals surface area contributed by atoms with Crippen LogP contribution in [-0.4, -0.2) is 4.21 Å². The zero-order valence-corrected chi connectivity index (χ0v) is 16.5. The van der Waals surface area contributed by atoms with Crippen molar-refractivity contribution in [3.63, 3.8) is 0 Å². The van der Waals surface area contributed by atoms with Crippen molar-refractivity contribution >= 4 is 10.8 Å². The summed E-state index contributed by atoms with van der Waals surface area (Å²) in [6.07, 6.45) is 7.70. The van der Waals surface area contributed by atoms with E-state index in [0.717, 1.165) is 16.2 Å². The normalized spacial score (nSPS) is 21.8. The van der Waals surface area contributed by atoms with Gasteiger partial charge in [-0.2, -0.15) is 0 Å². The fourth-order valence-electron chi connectivity index (χ4n) is 3.26. The van der Waals surface area contributed by atoms with E-state index in [2.05, 4.69) is 53.3 Å². The van der Waals surface area contributed by atoms with Gasteiger partial charge in [0.05, 0.1) is 10.8 Å². The van der Waals surface area contributed by atoms with Gasteiger partial charge in [0.1, 0.15) is 0 Å². The highest BCUT2D eigenvalue weighted by molar-refractivity contribution is 7.89. The lowest BCUT2D eigenvalue weighted by atomic mass is 9.71. The lowest BCUT2D eigenvalue weighted by Gasteiger charge is -2.34. The smallest absolute Gasteiger partial charge is 0.0813 e. The van der Waals surface area contributed by atoms with Gasteiger partial charge in [0.25, 0.3) is 0 Å². The molecule has 1 fully saturated rings. The summed E-state index contributed by atoms with van der Waals surface area (Å²) >= 11 is 0. The van der Waals surface area contributed by atoms with Crippen LogP contribution in [0.1, 0.15) is 53.9 Å². The van der Waals surface area contributed by atoms with Crippen LogP contribution < -0.4 is 0 Å². The first-order valence-electron chi connectivity index (χ1n) is 8.71. The van der Waals surface area contributed by atoms with E-state index in [9.17, 15) is 4.21 Å². The van der Waals surface area contributed by atoms with Crippen LogP contribution in [0.2, 0.25) is 0 Å². The molecule has 1 atom stereocenters. The second-order valence-electron chi connectivity index (χ2n) is 8.28. The van der Waals surface area contributed by atoms with E-state index in [1.54, 1.807) is 0 Å². The number of hydrogen-bond donors (Lipinski definition) is 0. The Hall–Kier alpha value is -1.41. The van der Waals surface area contributed by atoms with Crippen molar-refractivity contribution < 1.29 is 4.21 Å². The Morgan fingerprint density at radius 3 is 2.38 bits per heavy atom. The molecule has 0 radical (unpaired) electrons. The minimum Gasteiger partial charge on any atom is -0.249 e. The molecule has 0 saturated heterocycles. The second kappa shape index (κ2) is 7.23. The number of benzene rings is 1. The van der Waals surface area contributed by atoms with E-state index < -0.39 is 10.8 Å². The van der Waals surface area contributed by atoms with Gasteiger partial charge >= 0.3 is 0 Å². The van der Waals surface area contributed by atoms with Crippen molar-refractivity contribution in [2.24, 2.45) is 10.8 Å². The third-order valence-corrected chi connectivity index (χ3v) is 6.54. The summed E-state index contributed by atoms with van der Waals surface area (Å²) in [6.45, 7) is 15.2. The quantitative estimate of drug-likeness (QED) is 0.619. The predicted octanol–water partition coefficient (Wildman–Crippen LogP) is 6.42. The maximum Gasteiger partial charge on any atom is 0.0813 e. The molecule has 2 heteroatoms. The highest BCUT2D eigenvalue weighted by atomic mass is 32.2. The Labute approximate surface area is 150 Å². The lowest BCUT2D eigenvalue weighted by molar-refractivity contribution is 0.371. The van der Waals surface area contributed by atoms with Crippen LogP contribution in [0.25, 0.3) is 0 Å². The average Bonchev–Trinajstić information content (AvgIpc) is 2.49. The molecule has 1 aromatic carbocycles. The van der Waals surface area contributed by atoms with Crippen LogP contribution in [0.4, 0.5) is 0 Å². The molecule has 1 unspecified atom stereocenters. The molecule has 1 nitrogen and oxygen atoms in total. The fourth-order valence-corrected chi connectivity index (χ4v) is 4.66. The molecule has 1 saturated carbocycles. The van der Waals surface area contributed by atoms with Gasteiger partial charge in [-0.3, -0.25) is 0 Å². The molecule has 0 amide bonds. The molecular weight excluding hydrogens is 312 g/mol. The van der Waals surface area contributed by atoms with Crippen molar-refractivity contribution in [1.82, 2.24) is 0 Å². The van der Waals surface area contributed by atoms with Gasteiger partial charge in [-0.05, 0) is 53.9 Å². The summed E-state index contributed by atoms with van der Waals surface area (Å²) in [5.41, 5.74) is 2.52. The molecule has 24 heavy (non-hydrogen) atoms. The van der Waals surface area contributed by atoms with Gasteiger partial charge in [0.15, 0.2) is 0 Å². The first-order chi connectivity index (χ1) is 11.1. The molecule has 130 valence electrons. The van der Waals surface area contributed by atoms with E-state index >= 15 is 0 Å². The van der Waals surface area contributed by atoms with E-state index in [1.807, 2.05) is 30.3 Å². The summed E-state index contributed by atoms with van der Waals surface area (Å²) in [4.78, 5) is 1.81. The van der Waals surface area contributed by atoms with Crippen LogP contribution in [0.3, 0.4) is 0 Å². The molecule has 1 aliphatic rings. The van der Waals surface area contributed by atoms with Gasteiger partial charge in [-0.25, -0.2) is 4.21 Å². The van der Waals surface area contributed by atoms with Gasteiger partial charge in [-0.15, -0.1) is 0 Å². The summed E-state index contributed by atoms with van der Waals surface area (Å²) in [5.74, 6) is 0. The van der Waals surface area contributed by atoms with E-state index in [4.69, 9.17) is 0 Å². The molecule has 0 spiro atoms. The van der Waals surface area contributed by atoms with Crippen LogP contribution in [0.15, 0.2) is 70.0 Å². The van der Waals surface area contributed by atoms with E-state index in [-0.39, 0.29) is 10.8 Å². The van der Waals surface area contributed by atoms with Gasteiger partial charge in [0, 0.05) is 9.80 Å². The van der Waals surface area contributed by atoms with Crippen LogP contribution in [0.5, 0.6) is 0 Å². The predicted molar refractivity (Wildman–Crippen MR) is 105 cm³/mol. The summed E-state index contributed by atoms with van der Waals surface area (Å²) in [5, 5.41) is 0. The summed E-state index contributed by atoms with van der Waals surface area (Å²) < 4.78 is 13.1. The molecule has 0 bridgehead atoms. The molecular formula is C22H30OS. The monoisotopic (exact) mass is 342 g/mol. The first-order valence-corrected chi connectivity index (χ1v) is 9.86. The van der Waals surface area contributed by atoms with Crippen molar-refractivity contribution in [3.05, 3.63) is 65.1 Å². The standard InChI is InChI=1S/C22H30OS/c1-17-11-10-16-22(5,6)19(17)14-15-20(21(2,3)4)24(23)18-12-8-7-9-13-18/h7-9,12-15H,1,10-11,16H2,2-6H3/b19-14+,20-15+. The van der Waals surface area contributed by atoms with Crippen molar-refractivity contribution in [3.8, 4) is 0 Å². The van der Waals surface area contributed by atoms with Crippen LogP contribution in [-0.2, 0) is 10.8 Å². The zero-order valence-electron chi connectivity index (χ0n) is 15.7. The Kier molecular flexibility index (Phi) is 5.70. The molecule has 0 aromatic heterocycles. The number of allylic oxidation sites excluding steroid dienone is 5. The second-order valence-corrected chi connectivity index (χ2v) is 9.73. The van der Waals surface area contributed by atoms with Crippen LogP contribution in [0, 0.1) is 10.8 Å². The highest BCUT2D eigenvalue weighted by Gasteiger charge is 2.29. The Morgan fingerprint density at radius 1 is 1.21 bits per heavy atom. The molecule has 0 aliphatic heterocycles. The SMILES string of the molecule is C=C1CCCC(C)(C)/C1=C/C=C(/S(=O)c1ccccc1)C(C)(C)C.